The molecule has 2 aromatic rings. The first kappa shape index (κ1) is 21.9. The summed E-state index contributed by atoms with van der Waals surface area (Å²) in [6.45, 7) is 3.98. The molecule has 5 rings (SSSR count). The summed E-state index contributed by atoms with van der Waals surface area (Å²) in [5.41, 5.74) is 4.02. The second-order valence-corrected chi connectivity index (χ2v) is 12.2. The van der Waals surface area contributed by atoms with Crippen molar-refractivity contribution in [2.24, 2.45) is 5.41 Å². The van der Waals surface area contributed by atoms with Crippen LogP contribution in [0.2, 0.25) is 0 Å². The zero-order valence-electron chi connectivity index (χ0n) is 18.8. The smallest absolute Gasteiger partial charge is 0.147 e. The van der Waals surface area contributed by atoms with Gasteiger partial charge < -0.3 is 10.1 Å². The number of ether oxygens (including phenoxy) is 1. The molecule has 1 atom stereocenters. The van der Waals surface area contributed by atoms with Crippen molar-refractivity contribution in [3.05, 3.63) is 59.4 Å². The number of rotatable bonds is 8. The van der Waals surface area contributed by atoms with Gasteiger partial charge in [-0.1, -0.05) is 30.3 Å². The van der Waals surface area contributed by atoms with Gasteiger partial charge in [-0.05, 0) is 37.3 Å². The van der Waals surface area contributed by atoms with Crippen molar-refractivity contribution in [1.82, 2.24) is 15.2 Å². The Kier molecular flexibility index (Phi) is 5.99. The molecule has 1 spiro atoms. The van der Waals surface area contributed by atoms with Crippen LogP contribution >= 0.6 is 0 Å². The first-order valence-corrected chi connectivity index (χ1v) is 13.8. The molecule has 1 unspecified atom stereocenters. The van der Waals surface area contributed by atoms with Crippen LogP contribution < -0.4 is 10.1 Å². The third kappa shape index (κ3) is 4.70. The summed E-state index contributed by atoms with van der Waals surface area (Å²) >= 11 is 0. The molecule has 6 nitrogen and oxygen atoms in total. The van der Waals surface area contributed by atoms with Crippen LogP contribution in [0.15, 0.2) is 42.6 Å². The molecule has 32 heavy (non-hydrogen) atoms. The third-order valence-corrected chi connectivity index (χ3v) is 8.31. The SMILES string of the molecule is CS(=O)(=O)CCCC1c2c(OC3CC4(CNC4)C3)ccnc2CCN1Cc1ccccc1. The van der Waals surface area contributed by atoms with E-state index in [9.17, 15) is 8.42 Å². The van der Waals surface area contributed by atoms with Crippen molar-refractivity contribution >= 4 is 9.84 Å². The van der Waals surface area contributed by atoms with Gasteiger partial charge in [0.05, 0.1) is 11.8 Å². The highest BCUT2D eigenvalue weighted by Gasteiger charge is 2.50. The quantitative estimate of drug-likeness (QED) is 0.659. The highest BCUT2D eigenvalue weighted by atomic mass is 32.2. The van der Waals surface area contributed by atoms with Crippen LogP contribution in [-0.2, 0) is 22.8 Å². The molecule has 1 aromatic carbocycles. The Balaban J connectivity index is 1.39. The van der Waals surface area contributed by atoms with Gasteiger partial charge in [0.2, 0.25) is 0 Å². The fourth-order valence-corrected chi connectivity index (χ4v) is 6.24. The summed E-state index contributed by atoms with van der Waals surface area (Å²) in [5, 5.41) is 3.39. The zero-order chi connectivity index (χ0) is 22.2. The summed E-state index contributed by atoms with van der Waals surface area (Å²) in [6.07, 6.45) is 8.00. The summed E-state index contributed by atoms with van der Waals surface area (Å²) in [6, 6.07) is 12.6. The van der Waals surface area contributed by atoms with Crippen LogP contribution in [-0.4, -0.2) is 56.0 Å². The number of benzene rings is 1. The highest BCUT2D eigenvalue weighted by Crippen LogP contribution is 2.47. The number of aromatic nitrogens is 1. The lowest BCUT2D eigenvalue weighted by molar-refractivity contribution is -0.0506. The molecular formula is C25H33N3O3S. The number of pyridine rings is 1. The average molecular weight is 456 g/mol. The predicted molar refractivity (Wildman–Crippen MR) is 125 cm³/mol. The van der Waals surface area contributed by atoms with Crippen molar-refractivity contribution in [3.63, 3.8) is 0 Å². The van der Waals surface area contributed by atoms with E-state index in [1.807, 2.05) is 18.3 Å². The van der Waals surface area contributed by atoms with E-state index in [2.05, 4.69) is 34.5 Å². The Labute approximate surface area is 191 Å². The molecule has 1 N–H and O–H groups in total. The van der Waals surface area contributed by atoms with Gasteiger partial charge in [0.25, 0.3) is 0 Å². The van der Waals surface area contributed by atoms with Crippen LogP contribution in [0.5, 0.6) is 5.75 Å². The van der Waals surface area contributed by atoms with Crippen molar-refractivity contribution in [3.8, 4) is 5.75 Å². The van der Waals surface area contributed by atoms with Gasteiger partial charge in [-0.2, -0.15) is 0 Å². The molecule has 2 aliphatic heterocycles. The molecule has 1 saturated heterocycles. The van der Waals surface area contributed by atoms with Crippen LogP contribution in [0.3, 0.4) is 0 Å². The Bertz CT molecular complexity index is 1050. The maximum Gasteiger partial charge on any atom is 0.147 e. The van der Waals surface area contributed by atoms with Crippen LogP contribution in [0.1, 0.15) is 48.5 Å². The fraction of sp³-hybridized carbons (Fsp3) is 0.560. The molecule has 172 valence electrons. The number of hydrogen-bond donors (Lipinski definition) is 1. The van der Waals surface area contributed by atoms with Crippen molar-refractivity contribution in [2.75, 3.05) is 31.6 Å². The van der Waals surface area contributed by atoms with E-state index in [0.717, 1.165) is 63.3 Å². The third-order valence-electron chi connectivity index (χ3n) is 7.28. The normalized spacial score (nSPS) is 22.7. The standard InChI is InChI=1S/C25H33N3O3S/c1-32(29,30)13-5-8-22-24-21(10-12-28(22)16-19-6-3-2-4-7-19)27-11-9-23(24)31-20-14-25(15-20)17-26-18-25/h2-4,6-7,9,11,20,22,26H,5,8,10,12-18H2,1H3. The second kappa shape index (κ2) is 8.76. The van der Waals surface area contributed by atoms with Crippen molar-refractivity contribution in [1.29, 1.82) is 0 Å². The van der Waals surface area contributed by atoms with Crippen LogP contribution in [0.25, 0.3) is 0 Å². The maximum absolute atomic E-state index is 11.8. The Morgan fingerprint density at radius 1 is 1.19 bits per heavy atom. The second-order valence-electron chi connectivity index (χ2n) is 9.92. The lowest BCUT2D eigenvalue weighted by Crippen LogP contribution is -2.62. The Morgan fingerprint density at radius 2 is 1.97 bits per heavy atom. The van der Waals surface area contributed by atoms with E-state index < -0.39 is 9.84 Å². The van der Waals surface area contributed by atoms with Crippen LogP contribution in [0, 0.1) is 5.41 Å². The Hall–Kier alpha value is -1.96. The van der Waals surface area contributed by atoms with Crippen LogP contribution in [0.4, 0.5) is 0 Å². The summed E-state index contributed by atoms with van der Waals surface area (Å²) in [7, 11) is -2.98. The zero-order valence-corrected chi connectivity index (χ0v) is 19.6. The largest absolute Gasteiger partial charge is 0.490 e. The van der Waals surface area contributed by atoms with E-state index in [1.165, 1.54) is 17.4 Å². The first-order valence-electron chi connectivity index (χ1n) is 11.7. The van der Waals surface area contributed by atoms with Gasteiger partial charge in [-0.3, -0.25) is 9.88 Å². The van der Waals surface area contributed by atoms with Gasteiger partial charge in [-0.25, -0.2) is 8.42 Å². The van der Waals surface area contributed by atoms with Crippen molar-refractivity contribution in [2.45, 2.75) is 50.8 Å². The van der Waals surface area contributed by atoms with E-state index in [-0.39, 0.29) is 17.9 Å². The molecule has 0 radical (unpaired) electrons. The summed E-state index contributed by atoms with van der Waals surface area (Å²) in [4.78, 5) is 7.18. The minimum absolute atomic E-state index is 0.115. The minimum Gasteiger partial charge on any atom is -0.490 e. The monoisotopic (exact) mass is 455 g/mol. The number of nitrogens with one attached hydrogen (secondary N) is 1. The molecule has 1 saturated carbocycles. The number of fused-ring (bicyclic) bond motifs is 1. The predicted octanol–water partition coefficient (Wildman–Crippen LogP) is 3.14. The number of nitrogens with zero attached hydrogens (tertiary/aromatic N) is 2. The molecule has 1 aromatic heterocycles. The molecular weight excluding hydrogens is 422 g/mol. The summed E-state index contributed by atoms with van der Waals surface area (Å²) in [5.74, 6) is 1.16. The van der Waals surface area contributed by atoms with Gasteiger partial charge in [-0.15, -0.1) is 0 Å². The molecule has 0 amide bonds. The number of hydrogen-bond acceptors (Lipinski definition) is 6. The fourth-order valence-electron chi connectivity index (χ4n) is 5.55. The lowest BCUT2D eigenvalue weighted by atomic mass is 9.63. The minimum atomic E-state index is -2.98. The average Bonchev–Trinajstić information content (AvgIpc) is 2.70. The van der Waals surface area contributed by atoms with Gasteiger partial charge in [0, 0.05) is 67.8 Å². The lowest BCUT2D eigenvalue weighted by Gasteiger charge is -2.54. The van der Waals surface area contributed by atoms with E-state index in [0.29, 0.717) is 11.8 Å². The highest BCUT2D eigenvalue weighted by molar-refractivity contribution is 7.90. The number of sulfone groups is 1. The molecule has 0 bridgehead atoms. The summed E-state index contributed by atoms with van der Waals surface area (Å²) < 4.78 is 30.1. The van der Waals surface area contributed by atoms with Gasteiger partial charge in [0.1, 0.15) is 15.6 Å². The molecule has 3 aliphatic rings. The van der Waals surface area contributed by atoms with Gasteiger partial charge in [0.15, 0.2) is 0 Å². The first-order chi connectivity index (χ1) is 15.4. The van der Waals surface area contributed by atoms with E-state index in [1.54, 1.807) is 0 Å². The van der Waals surface area contributed by atoms with E-state index >= 15 is 0 Å². The molecule has 1 aliphatic carbocycles. The van der Waals surface area contributed by atoms with E-state index in [4.69, 9.17) is 9.72 Å². The molecule has 2 fully saturated rings. The maximum atomic E-state index is 11.8. The molecule has 7 heteroatoms. The Morgan fingerprint density at radius 3 is 2.66 bits per heavy atom. The topological polar surface area (TPSA) is 71.5 Å². The van der Waals surface area contributed by atoms with Gasteiger partial charge >= 0.3 is 0 Å². The molecule has 3 heterocycles. The van der Waals surface area contributed by atoms with Crippen molar-refractivity contribution < 1.29 is 13.2 Å².